The lowest BCUT2D eigenvalue weighted by Gasteiger charge is -2.15. The summed E-state index contributed by atoms with van der Waals surface area (Å²) in [6.45, 7) is 6.35. The number of urea groups is 1. The molecule has 1 aromatic carbocycles. The van der Waals surface area contributed by atoms with Gasteiger partial charge in [-0.25, -0.2) is 4.79 Å². The fraction of sp³-hybridized carbons (Fsp3) is 0.467. The first-order valence-corrected chi connectivity index (χ1v) is 7.05. The van der Waals surface area contributed by atoms with Crippen LogP contribution in [0.3, 0.4) is 0 Å². The van der Waals surface area contributed by atoms with Crippen LogP contribution in [0.2, 0.25) is 0 Å². The molecule has 21 heavy (non-hydrogen) atoms. The fourth-order valence-corrected chi connectivity index (χ4v) is 2.17. The van der Waals surface area contributed by atoms with Crippen LogP contribution in [0, 0.1) is 6.92 Å². The van der Waals surface area contributed by atoms with E-state index in [0.29, 0.717) is 18.7 Å². The standard InChI is InChI=1S/C15H21N3O3/c1-9(2)21-13-5-4-11(6-10(13)3)17-15(20)18-12-7-14(19)16-8-12/h4-6,9,12H,7-8H2,1-3H3,(H,16,19)(H2,17,18,20)/t12-/m1/s1. The van der Waals surface area contributed by atoms with Gasteiger partial charge in [0.2, 0.25) is 5.91 Å². The number of ether oxygens (including phenoxy) is 1. The van der Waals surface area contributed by atoms with Gasteiger partial charge < -0.3 is 20.7 Å². The fourth-order valence-electron chi connectivity index (χ4n) is 2.17. The van der Waals surface area contributed by atoms with E-state index in [0.717, 1.165) is 11.3 Å². The van der Waals surface area contributed by atoms with Crippen LogP contribution in [-0.4, -0.2) is 30.6 Å². The van der Waals surface area contributed by atoms with E-state index in [4.69, 9.17) is 4.74 Å². The summed E-state index contributed by atoms with van der Waals surface area (Å²) in [4.78, 5) is 22.9. The van der Waals surface area contributed by atoms with Crippen molar-refractivity contribution in [3.05, 3.63) is 23.8 Å². The van der Waals surface area contributed by atoms with Gasteiger partial charge in [-0.2, -0.15) is 0 Å². The molecule has 1 fully saturated rings. The lowest BCUT2D eigenvalue weighted by molar-refractivity contribution is -0.119. The molecule has 3 N–H and O–H groups in total. The molecule has 1 saturated heterocycles. The zero-order valence-corrected chi connectivity index (χ0v) is 12.5. The third-order valence-corrected chi connectivity index (χ3v) is 3.11. The molecular weight excluding hydrogens is 270 g/mol. The number of aryl methyl sites for hydroxylation is 1. The maximum absolute atomic E-state index is 11.9. The summed E-state index contributed by atoms with van der Waals surface area (Å²) in [7, 11) is 0. The Hall–Kier alpha value is -2.24. The Bertz CT molecular complexity index is 543. The molecule has 0 radical (unpaired) electrons. The van der Waals surface area contributed by atoms with Crippen LogP contribution in [0.15, 0.2) is 18.2 Å². The van der Waals surface area contributed by atoms with Crippen LogP contribution in [0.25, 0.3) is 0 Å². The van der Waals surface area contributed by atoms with Crippen LogP contribution in [-0.2, 0) is 4.79 Å². The van der Waals surface area contributed by atoms with Gasteiger partial charge >= 0.3 is 6.03 Å². The van der Waals surface area contributed by atoms with E-state index in [-0.39, 0.29) is 24.1 Å². The van der Waals surface area contributed by atoms with Crippen molar-refractivity contribution in [1.82, 2.24) is 10.6 Å². The molecule has 0 unspecified atom stereocenters. The molecule has 6 nitrogen and oxygen atoms in total. The molecule has 0 saturated carbocycles. The number of anilines is 1. The minimum Gasteiger partial charge on any atom is -0.491 e. The third-order valence-electron chi connectivity index (χ3n) is 3.11. The maximum atomic E-state index is 11.9. The number of amides is 3. The normalized spacial score (nSPS) is 17.5. The molecule has 114 valence electrons. The van der Waals surface area contributed by atoms with Crippen LogP contribution in [0.1, 0.15) is 25.8 Å². The highest BCUT2D eigenvalue weighted by molar-refractivity contribution is 5.90. The van der Waals surface area contributed by atoms with E-state index in [1.807, 2.05) is 32.9 Å². The molecule has 6 heteroatoms. The summed E-state index contributed by atoms with van der Waals surface area (Å²) in [5.41, 5.74) is 1.65. The summed E-state index contributed by atoms with van der Waals surface area (Å²) >= 11 is 0. The minimum absolute atomic E-state index is 0.0358. The van der Waals surface area contributed by atoms with Crippen molar-refractivity contribution in [2.45, 2.75) is 39.3 Å². The second-order valence-electron chi connectivity index (χ2n) is 5.45. The largest absolute Gasteiger partial charge is 0.491 e. The Morgan fingerprint density at radius 2 is 2.19 bits per heavy atom. The summed E-state index contributed by atoms with van der Waals surface area (Å²) < 4.78 is 5.65. The van der Waals surface area contributed by atoms with Crippen LogP contribution in [0.4, 0.5) is 10.5 Å². The Morgan fingerprint density at radius 1 is 1.43 bits per heavy atom. The van der Waals surface area contributed by atoms with Crippen molar-refractivity contribution in [1.29, 1.82) is 0 Å². The maximum Gasteiger partial charge on any atom is 0.319 e. The molecule has 1 aromatic rings. The van der Waals surface area contributed by atoms with Gasteiger partial charge in [0.15, 0.2) is 0 Å². The van der Waals surface area contributed by atoms with Crippen molar-refractivity contribution in [3.8, 4) is 5.75 Å². The highest BCUT2D eigenvalue weighted by Crippen LogP contribution is 2.22. The second-order valence-corrected chi connectivity index (χ2v) is 5.45. The quantitative estimate of drug-likeness (QED) is 0.791. The van der Waals surface area contributed by atoms with E-state index in [1.165, 1.54) is 0 Å². The molecular formula is C15H21N3O3. The number of hydrogen-bond acceptors (Lipinski definition) is 3. The average Bonchev–Trinajstić information content (AvgIpc) is 2.77. The summed E-state index contributed by atoms with van der Waals surface area (Å²) in [6, 6.07) is 5.03. The molecule has 1 aliphatic heterocycles. The van der Waals surface area contributed by atoms with Gasteiger partial charge in [-0.1, -0.05) is 0 Å². The molecule has 0 bridgehead atoms. The lowest BCUT2D eigenvalue weighted by Crippen LogP contribution is -2.39. The Labute approximate surface area is 124 Å². The van der Waals surface area contributed by atoms with Gasteiger partial charge in [-0.05, 0) is 44.5 Å². The van der Waals surface area contributed by atoms with Gasteiger partial charge in [0.1, 0.15) is 5.75 Å². The van der Waals surface area contributed by atoms with Crippen LogP contribution >= 0.6 is 0 Å². The SMILES string of the molecule is Cc1cc(NC(=O)N[C@H]2CNC(=O)C2)ccc1OC(C)C. The van der Waals surface area contributed by atoms with Crippen molar-refractivity contribution in [2.75, 3.05) is 11.9 Å². The van der Waals surface area contributed by atoms with E-state index in [1.54, 1.807) is 6.07 Å². The molecule has 1 aliphatic rings. The molecule has 1 heterocycles. The topological polar surface area (TPSA) is 79.5 Å². The molecule has 0 aliphatic carbocycles. The number of carbonyl (C=O) groups is 2. The predicted molar refractivity (Wildman–Crippen MR) is 80.5 cm³/mol. The average molecular weight is 291 g/mol. The Morgan fingerprint density at radius 3 is 2.76 bits per heavy atom. The number of nitrogens with one attached hydrogen (secondary N) is 3. The summed E-state index contributed by atoms with van der Waals surface area (Å²) in [5, 5.41) is 8.20. The van der Waals surface area contributed by atoms with Crippen LogP contribution < -0.4 is 20.7 Å². The van der Waals surface area contributed by atoms with Crippen molar-refractivity contribution in [2.24, 2.45) is 0 Å². The molecule has 0 spiro atoms. The van der Waals surface area contributed by atoms with E-state index in [9.17, 15) is 9.59 Å². The van der Waals surface area contributed by atoms with Crippen molar-refractivity contribution in [3.63, 3.8) is 0 Å². The first-order chi connectivity index (χ1) is 9.94. The lowest BCUT2D eigenvalue weighted by atomic mass is 10.2. The Kier molecular flexibility index (Phi) is 4.67. The first kappa shape index (κ1) is 15.2. The van der Waals surface area contributed by atoms with Gasteiger partial charge in [0, 0.05) is 18.7 Å². The summed E-state index contributed by atoms with van der Waals surface area (Å²) in [6.07, 6.45) is 0.436. The van der Waals surface area contributed by atoms with Crippen LogP contribution in [0.5, 0.6) is 5.75 Å². The van der Waals surface area contributed by atoms with E-state index in [2.05, 4.69) is 16.0 Å². The number of carbonyl (C=O) groups excluding carboxylic acids is 2. The zero-order valence-electron chi connectivity index (χ0n) is 12.5. The number of rotatable bonds is 4. The minimum atomic E-state index is -0.312. The molecule has 0 aromatic heterocycles. The molecule has 2 rings (SSSR count). The number of benzene rings is 1. The van der Waals surface area contributed by atoms with Gasteiger partial charge in [-0.15, -0.1) is 0 Å². The highest BCUT2D eigenvalue weighted by atomic mass is 16.5. The van der Waals surface area contributed by atoms with Gasteiger partial charge in [0.05, 0.1) is 12.1 Å². The number of hydrogen-bond donors (Lipinski definition) is 3. The smallest absolute Gasteiger partial charge is 0.319 e. The second kappa shape index (κ2) is 6.47. The van der Waals surface area contributed by atoms with Crippen molar-refractivity contribution >= 4 is 17.6 Å². The first-order valence-electron chi connectivity index (χ1n) is 7.05. The molecule has 3 amide bonds. The zero-order chi connectivity index (χ0) is 15.4. The Balaban J connectivity index is 1.91. The van der Waals surface area contributed by atoms with Gasteiger partial charge in [-0.3, -0.25) is 4.79 Å². The van der Waals surface area contributed by atoms with E-state index >= 15 is 0 Å². The highest BCUT2D eigenvalue weighted by Gasteiger charge is 2.22. The monoisotopic (exact) mass is 291 g/mol. The summed E-state index contributed by atoms with van der Waals surface area (Å²) in [5.74, 6) is 0.771. The molecule has 1 atom stereocenters. The van der Waals surface area contributed by atoms with Gasteiger partial charge in [0.25, 0.3) is 0 Å². The third kappa shape index (κ3) is 4.37. The van der Waals surface area contributed by atoms with E-state index < -0.39 is 0 Å². The van der Waals surface area contributed by atoms with Crippen molar-refractivity contribution < 1.29 is 14.3 Å². The predicted octanol–water partition coefficient (Wildman–Crippen LogP) is 1.79.